The molecule has 0 unspecified atom stereocenters. The minimum absolute atomic E-state index is 0.0532. The van der Waals surface area contributed by atoms with Crippen molar-refractivity contribution in [2.75, 3.05) is 19.8 Å². The summed E-state index contributed by atoms with van der Waals surface area (Å²) in [7, 11) is 0. The third kappa shape index (κ3) is 4.33. The Morgan fingerprint density at radius 3 is 2.77 bits per heavy atom. The van der Waals surface area contributed by atoms with Crippen LogP contribution in [-0.4, -0.2) is 53.9 Å². The lowest BCUT2D eigenvalue weighted by molar-refractivity contribution is -0.154. The summed E-state index contributed by atoms with van der Waals surface area (Å²) < 4.78 is 46.1. The van der Waals surface area contributed by atoms with Crippen LogP contribution in [0.25, 0.3) is 0 Å². The lowest BCUT2D eigenvalue weighted by Crippen LogP contribution is -2.50. The maximum absolute atomic E-state index is 12.4. The molecule has 5 nitrogen and oxygen atoms in total. The van der Waals surface area contributed by atoms with Gasteiger partial charge in [-0.1, -0.05) is 0 Å². The van der Waals surface area contributed by atoms with E-state index in [0.717, 1.165) is 0 Å². The zero-order chi connectivity index (χ0) is 16.3. The molecule has 1 fully saturated rings. The molecule has 1 saturated heterocycles. The lowest BCUT2D eigenvalue weighted by atomic mass is 10.1. The number of amides is 1. The summed E-state index contributed by atoms with van der Waals surface area (Å²) >= 11 is 0. The predicted octanol–water partition coefficient (Wildman–Crippen LogP) is 2.27. The van der Waals surface area contributed by atoms with E-state index in [4.69, 9.17) is 4.74 Å². The van der Waals surface area contributed by atoms with Crippen LogP contribution in [0.15, 0.2) is 18.3 Å². The molecule has 1 aliphatic heterocycles. The highest BCUT2D eigenvalue weighted by molar-refractivity contribution is 5.94. The number of rotatable bonds is 3. The molecule has 0 saturated carbocycles. The fourth-order valence-electron chi connectivity index (χ4n) is 2.10. The summed E-state index contributed by atoms with van der Waals surface area (Å²) in [5.41, 5.74) is 0.306. The molecule has 1 amide bonds. The molecule has 1 aromatic rings. The topological polar surface area (TPSA) is 51.7 Å². The number of hydrogen-bond acceptors (Lipinski definition) is 4. The Balaban J connectivity index is 2.01. The number of carbonyl (C=O) groups is 1. The van der Waals surface area contributed by atoms with Crippen LogP contribution < -0.4 is 4.74 Å². The number of ether oxygens (including phenoxy) is 2. The average molecular weight is 318 g/mol. The van der Waals surface area contributed by atoms with Gasteiger partial charge in [0.25, 0.3) is 5.91 Å². The predicted molar refractivity (Wildman–Crippen MR) is 71.7 cm³/mol. The van der Waals surface area contributed by atoms with Crippen molar-refractivity contribution in [3.63, 3.8) is 0 Å². The fourth-order valence-corrected chi connectivity index (χ4v) is 2.10. The first-order chi connectivity index (χ1) is 10.3. The van der Waals surface area contributed by atoms with E-state index >= 15 is 0 Å². The van der Waals surface area contributed by atoms with Gasteiger partial charge in [0.1, 0.15) is 0 Å². The summed E-state index contributed by atoms with van der Waals surface area (Å²) in [5.74, 6) is -0.394. The van der Waals surface area contributed by atoms with Crippen molar-refractivity contribution in [3.05, 3.63) is 23.9 Å². The molecule has 0 radical (unpaired) electrons. The second kappa shape index (κ2) is 6.51. The molecule has 0 bridgehead atoms. The number of nitrogens with zero attached hydrogens (tertiary/aromatic N) is 2. The van der Waals surface area contributed by atoms with Crippen LogP contribution >= 0.6 is 0 Å². The number of morpholine rings is 1. The van der Waals surface area contributed by atoms with Crippen LogP contribution in [0.5, 0.6) is 5.88 Å². The minimum Gasteiger partial charge on any atom is -0.468 e. The Bertz CT molecular complexity index is 519. The van der Waals surface area contributed by atoms with Gasteiger partial charge >= 0.3 is 6.18 Å². The molecule has 122 valence electrons. The van der Waals surface area contributed by atoms with Crippen molar-refractivity contribution in [1.82, 2.24) is 9.88 Å². The van der Waals surface area contributed by atoms with E-state index in [-0.39, 0.29) is 23.9 Å². The van der Waals surface area contributed by atoms with Crippen molar-refractivity contribution in [1.29, 1.82) is 0 Å². The first-order valence-electron chi connectivity index (χ1n) is 6.84. The maximum atomic E-state index is 12.4. The van der Waals surface area contributed by atoms with E-state index in [1.165, 1.54) is 18.3 Å². The van der Waals surface area contributed by atoms with Gasteiger partial charge in [0, 0.05) is 18.8 Å². The van der Waals surface area contributed by atoms with Gasteiger partial charge in [0.2, 0.25) is 5.88 Å². The Labute approximate surface area is 126 Å². The Kier molecular flexibility index (Phi) is 4.90. The van der Waals surface area contributed by atoms with Crippen molar-refractivity contribution in [3.8, 4) is 5.88 Å². The fraction of sp³-hybridized carbons (Fsp3) is 0.571. The third-order valence-electron chi connectivity index (χ3n) is 3.24. The summed E-state index contributed by atoms with van der Waals surface area (Å²) in [6.07, 6.45) is -3.25. The van der Waals surface area contributed by atoms with Gasteiger partial charge in [-0.25, -0.2) is 4.98 Å². The molecule has 1 aliphatic rings. The number of halogens is 3. The Morgan fingerprint density at radius 1 is 1.45 bits per heavy atom. The summed E-state index contributed by atoms with van der Waals surface area (Å²) in [6, 6.07) is 2.60. The van der Waals surface area contributed by atoms with E-state index < -0.39 is 12.8 Å². The van der Waals surface area contributed by atoms with Gasteiger partial charge in [-0.15, -0.1) is 0 Å². The zero-order valence-electron chi connectivity index (χ0n) is 12.3. The SMILES string of the molecule is C[C@@H]1CO[C@@H](C)CN1C(=O)c1ccc(OCC(F)(F)F)nc1. The van der Waals surface area contributed by atoms with Gasteiger partial charge in [0.15, 0.2) is 6.61 Å². The Hall–Kier alpha value is -1.83. The number of aromatic nitrogens is 1. The van der Waals surface area contributed by atoms with Crippen LogP contribution in [0.2, 0.25) is 0 Å². The van der Waals surface area contributed by atoms with E-state index in [2.05, 4.69) is 9.72 Å². The van der Waals surface area contributed by atoms with Gasteiger partial charge in [-0.2, -0.15) is 13.2 Å². The van der Waals surface area contributed by atoms with Gasteiger partial charge < -0.3 is 14.4 Å². The van der Waals surface area contributed by atoms with Crippen LogP contribution in [0.1, 0.15) is 24.2 Å². The minimum atomic E-state index is -4.42. The quantitative estimate of drug-likeness (QED) is 0.858. The Morgan fingerprint density at radius 2 is 2.18 bits per heavy atom. The summed E-state index contributed by atoms with van der Waals surface area (Å²) in [5, 5.41) is 0. The molecular weight excluding hydrogens is 301 g/mol. The van der Waals surface area contributed by atoms with Crippen molar-refractivity contribution < 1.29 is 27.4 Å². The second-order valence-electron chi connectivity index (χ2n) is 5.24. The van der Waals surface area contributed by atoms with Gasteiger partial charge in [-0.3, -0.25) is 4.79 Å². The zero-order valence-corrected chi connectivity index (χ0v) is 12.3. The average Bonchev–Trinajstić information content (AvgIpc) is 2.47. The number of carbonyl (C=O) groups excluding carboxylic acids is 1. The molecule has 8 heteroatoms. The standard InChI is InChI=1S/C14H17F3N2O3/c1-9-7-21-10(2)6-19(9)13(20)11-3-4-12(18-5-11)22-8-14(15,16)17/h3-5,9-10H,6-8H2,1-2H3/t9-,10+/m1/s1. The molecule has 1 aromatic heterocycles. The smallest absolute Gasteiger partial charge is 0.422 e. The molecule has 22 heavy (non-hydrogen) atoms. The molecule has 0 aliphatic carbocycles. The molecule has 0 aromatic carbocycles. The molecule has 0 spiro atoms. The van der Waals surface area contributed by atoms with Crippen LogP contribution in [-0.2, 0) is 4.74 Å². The number of hydrogen-bond donors (Lipinski definition) is 0. The first kappa shape index (κ1) is 16.5. The summed E-state index contributed by atoms with van der Waals surface area (Å²) in [6.45, 7) is 3.25. The number of pyridine rings is 1. The van der Waals surface area contributed by atoms with Crippen molar-refractivity contribution in [2.24, 2.45) is 0 Å². The largest absolute Gasteiger partial charge is 0.468 e. The normalized spacial score (nSPS) is 22.5. The van der Waals surface area contributed by atoms with Gasteiger partial charge in [-0.05, 0) is 19.9 Å². The molecule has 0 N–H and O–H groups in total. The van der Waals surface area contributed by atoms with E-state index in [0.29, 0.717) is 18.7 Å². The first-order valence-corrected chi connectivity index (χ1v) is 6.84. The van der Waals surface area contributed by atoms with E-state index in [9.17, 15) is 18.0 Å². The van der Waals surface area contributed by atoms with Gasteiger partial charge in [0.05, 0.1) is 24.3 Å². The highest BCUT2D eigenvalue weighted by atomic mass is 19.4. The maximum Gasteiger partial charge on any atom is 0.422 e. The van der Waals surface area contributed by atoms with E-state index in [1.54, 1.807) is 4.90 Å². The number of alkyl halides is 3. The van der Waals surface area contributed by atoms with Crippen molar-refractivity contribution in [2.45, 2.75) is 32.2 Å². The third-order valence-corrected chi connectivity index (χ3v) is 3.24. The second-order valence-corrected chi connectivity index (χ2v) is 5.24. The summed E-state index contributed by atoms with van der Waals surface area (Å²) in [4.78, 5) is 17.8. The molecule has 2 rings (SSSR count). The molecule has 2 heterocycles. The molecular formula is C14H17F3N2O3. The highest BCUT2D eigenvalue weighted by Gasteiger charge is 2.30. The van der Waals surface area contributed by atoms with Crippen LogP contribution in [0.3, 0.4) is 0 Å². The highest BCUT2D eigenvalue weighted by Crippen LogP contribution is 2.19. The lowest BCUT2D eigenvalue weighted by Gasteiger charge is -2.36. The monoisotopic (exact) mass is 318 g/mol. The van der Waals surface area contributed by atoms with Crippen LogP contribution in [0.4, 0.5) is 13.2 Å². The van der Waals surface area contributed by atoms with E-state index in [1.807, 2.05) is 13.8 Å². The molecule has 2 atom stereocenters. The van der Waals surface area contributed by atoms with Crippen molar-refractivity contribution >= 4 is 5.91 Å². The van der Waals surface area contributed by atoms with Crippen LogP contribution in [0, 0.1) is 0 Å².